The van der Waals surface area contributed by atoms with Crippen LogP contribution >= 0.6 is 11.6 Å². The van der Waals surface area contributed by atoms with Crippen molar-refractivity contribution in [3.63, 3.8) is 0 Å². The summed E-state index contributed by atoms with van der Waals surface area (Å²) >= 11 is 6.28. The molecule has 12 heteroatoms. The molecule has 1 amide bonds. The van der Waals surface area contributed by atoms with Gasteiger partial charge in [-0.05, 0) is 25.0 Å². The first-order valence-electron chi connectivity index (χ1n) is 8.39. The van der Waals surface area contributed by atoms with Crippen molar-refractivity contribution < 1.29 is 27.9 Å². The smallest absolute Gasteiger partial charge is 0.475 e. The first-order chi connectivity index (χ1) is 13.5. The third-order valence-corrected chi connectivity index (χ3v) is 4.34. The normalized spacial score (nSPS) is 13.6. The van der Waals surface area contributed by atoms with Gasteiger partial charge in [-0.2, -0.15) is 13.2 Å². The monoisotopic (exact) mass is 434 g/mol. The topological polar surface area (TPSA) is 140 Å². The van der Waals surface area contributed by atoms with Crippen LogP contribution in [0, 0.1) is 0 Å². The zero-order valence-electron chi connectivity index (χ0n) is 14.9. The molecule has 0 unspecified atom stereocenters. The number of benzene rings is 1. The van der Waals surface area contributed by atoms with E-state index in [4.69, 9.17) is 33.0 Å². The van der Waals surface area contributed by atoms with Gasteiger partial charge in [0, 0.05) is 30.7 Å². The highest BCUT2D eigenvalue weighted by atomic mass is 35.5. The van der Waals surface area contributed by atoms with E-state index in [0.717, 1.165) is 18.4 Å². The molecule has 29 heavy (non-hydrogen) atoms. The zero-order valence-corrected chi connectivity index (χ0v) is 15.7. The number of halogens is 4. The van der Waals surface area contributed by atoms with Gasteiger partial charge in [0.05, 0.1) is 16.2 Å². The summed E-state index contributed by atoms with van der Waals surface area (Å²) in [5.41, 5.74) is 11.8. The quantitative estimate of drug-likeness (QED) is 0.568. The summed E-state index contributed by atoms with van der Waals surface area (Å²) < 4.78 is 33.7. The number of carboxylic acid groups (broad SMARTS) is 1. The van der Waals surface area contributed by atoms with Gasteiger partial charge in [-0.25, -0.2) is 4.79 Å². The van der Waals surface area contributed by atoms with Crippen LogP contribution in [-0.4, -0.2) is 40.8 Å². The van der Waals surface area contributed by atoms with E-state index < -0.39 is 18.1 Å². The molecule has 6 N–H and O–H groups in total. The number of nitrogens with two attached hydrogens (primary N) is 2. The number of nitrogens with one attached hydrogen (secondary N) is 1. The van der Waals surface area contributed by atoms with Gasteiger partial charge in [0.2, 0.25) is 5.43 Å². The molecule has 1 aromatic heterocycles. The number of hydrogen-bond donors (Lipinski definition) is 4. The molecular weight excluding hydrogens is 417 g/mol. The van der Waals surface area contributed by atoms with E-state index in [1.54, 1.807) is 18.3 Å². The number of rotatable bonds is 5. The molecule has 0 saturated heterocycles. The maximum atomic E-state index is 12.5. The van der Waals surface area contributed by atoms with E-state index in [-0.39, 0.29) is 11.0 Å². The summed E-state index contributed by atoms with van der Waals surface area (Å²) in [4.78, 5) is 32.9. The van der Waals surface area contributed by atoms with Gasteiger partial charge in [-0.15, -0.1) is 0 Å². The molecule has 3 rings (SSSR count). The van der Waals surface area contributed by atoms with Gasteiger partial charge in [0.1, 0.15) is 5.56 Å². The number of aromatic nitrogens is 1. The molecule has 2 aromatic rings. The van der Waals surface area contributed by atoms with Crippen molar-refractivity contribution in [3.8, 4) is 0 Å². The Morgan fingerprint density at radius 1 is 1.31 bits per heavy atom. The summed E-state index contributed by atoms with van der Waals surface area (Å²) in [6.45, 7) is 0.986. The van der Waals surface area contributed by atoms with E-state index in [2.05, 4.69) is 5.32 Å². The average Bonchev–Trinajstić information content (AvgIpc) is 3.45. The highest BCUT2D eigenvalue weighted by molar-refractivity contribution is 6.34. The third-order valence-electron chi connectivity index (χ3n) is 4.03. The summed E-state index contributed by atoms with van der Waals surface area (Å²) in [7, 11) is 0. The van der Waals surface area contributed by atoms with Crippen LogP contribution in [-0.2, 0) is 4.79 Å². The number of carbonyl (C=O) groups is 2. The van der Waals surface area contributed by atoms with Crippen LogP contribution in [0.4, 0.5) is 18.9 Å². The first-order valence-corrected chi connectivity index (χ1v) is 8.77. The van der Waals surface area contributed by atoms with Gasteiger partial charge >= 0.3 is 12.1 Å². The van der Waals surface area contributed by atoms with Crippen LogP contribution in [0.2, 0.25) is 5.02 Å². The van der Waals surface area contributed by atoms with Crippen LogP contribution in [0.5, 0.6) is 0 Å². The van der Waals surface area contributed by atoms with Crippen molar-refractivity contribution in [2.45, 2.75) is 25.1 Å². The molecule has 158 valence electrons. The van der Waals surface area contributed by atoms with Gasteiger partial charge in [-0.3, -0.25) is 9.59 Å². The van der Waals surface area contributed by atoms with Crippen LogP contribution < -0.4 is 22.2 Å². The van der Waals surface area contributed by atoms with E-state index in [9.17, 15) is 22.8 Å². The number of alkyl halides is 3. The number of primary amides is 1. The lowest BCUT2D eigenvalue weighted by molar-refractivity contribution is -0.192. The van der Waals surface area contributed by atoms with Crippen LogP contribution in [0.25, 0.3) is 10.9 Å². The number of fused-ring (bicyclic) bond motifs is 1. The number of carboxylic acids is 1. The van der Waals surface area contributed by atoms with Crippen molar-refractivity contribution in [3.05, 3.63) is 39.1 Å². The van der Waals surface area contributed by atoms with E-state index in [1.165, 1.54) is 0 Å². The van der Waals surface area contributed by atoms with E-state index in [1.807, 2.05) is 4.57 Å². The molecule has 1 aromatic carbocycles. The second kappa shape index (κ2) is 8.70. The van der Waals surface area contributed by atoms with Crippen LogP contribution in [0.1, 0.15) is 29.2 Å². The molecule has 1 fully saturated rings. The Bertz CT molecular complexity index is 1000. The molecule has 1 heterocycles. The Hall–Kier alpha value is -2.79. The lowest BCUT2D eigenvalue weighted by atomic mass is 10.1. The highest BCUT2D eigenvalue weighted by Crippen LogP contribution is 2.38. The molecule has 1 aliphatic rings. The number of aliphatic carboxylic acids is 1. The fourth-order valence-corrected chi connectivity index (χ4v) is 2.77. The van der Waals surface area contributed by atoms with Gasteiger partial charge in [-0.1, -0.05) is 11.6 Å². The van der Waals surface area contributed by atoms with Crippen molar-refractivity contribution in [2.24, 2.45) is 11.5 Å². The fraction of sp³-hybridized carbons (Fsp3) is 0.353. The average molecular weight is 435 g/mol. The lowest BCUT2D eigenvalue weighted by Crippen LogP contribution is -2.24. The maximum Gasteiger partial charge on any atom is 0.490 e. The minimum atomic E-state index is -5.08. The number of anilines is 1. The number of carbonyl (C=O) groups excluding carboxylic acids is 1. The summed E-state index contributed by atoms with van der Waals surface area (Å²) in [5.74, 6) is -3.47. The number of pyridine rings is 1. The molecule has 0 spiro atoms. The second-order valence-corrected chi connectivity index (χ2v) is 6.65. The molecule has 0 atom stereocenters. The van der Waals surface area contributed by atoms with Crippen molar-refractivity contribution in [2.75, 3.05) is 18.4 Å². The molecule has 1 saturated carbocycles. The molecule has 0 radical (unpaired) electrons. The molecule has 1 aliphatic carbocycles. The summed E-state index contributed by atoms with van der Waals surface area (Å²) in [5, 5.41) is 11.2. The fourth-order valence-electron chi connectivity index (χ4n) is 2.54. The predicted octanol–water partition coefficient (Wildman–Crippen LogP) is 2.09. The van der Waals surface area contributed by atoms with Crippen molar-refractivity contribution in [1.82, 2.24) is 4.57 Å². The molecular formula is C17H18ClF3N4O4. The van der Waals surface area contributed by atoms with Gasteiger partial charge < -0.3 is 26.5 Å². The predicted molar refractivity (Wildman–Crippen MR) is 101 cm³/mol. The molecule has 8 nitrogen and oxygen atoms in total. The van der Waals surface area contributed by atoms with E-state index >= 15 is 0 Å². The standard InChI is InChI=1S/C15H17ClN4O2.C2HF3O2/c16-11-6-13-9(5-12(11)19-4-3-17)14(21)10(15(18)22)7-20(13)8-1-2-8;3-2(4,5)1(6)7/h5-8,19H,1-4,17H2,(H2,18,22);(H,6,7). The Balaban J connectivity index is 0.000000370. The Morgan fingerprint density at radius 3 is 2.34 bits per heavy atom. The molecule has 0 aliphatic heterocycles. The van der Waals surface area contributed by atoms with Crippen LogP contribution in [0.3, 0.4) is 0 Å². The Kier molecular flexibility index (Phi) is 6.75. The first kappa shape index (κ1) is 22.5. The summed E-state index contributed by atoms with van der Waals surface area (Å²) in [6, 6.07) is 3.71. The Morgan fingerprint density at radius 2 is 1.90 bits per heavy atom. The maximum absolute atomic E-state index is 12.5. The van der Waals surface area contributed by atoms with Crippen LogP contribution in [0.15, 0.2) is 23.1 Å². The molecule has 0 bridgehead atoms. The minimum Gasteiger partial charge on any atom is -0.475 e. The SMILES string of the molecule is NCCNc1cc2c(=O)c(C(N)=O)cn(C3CC3)c2cc1Cl.O=C(O)C(F)(F)F. The lowest BCUT2D eigenvalue weighted by Gasteiger charge is -2.14. The van der Waals surface area contributed by atoms with Gasteiger partial charge in [0.15, 0.2) is 0 Å². The zero-order chi connectivity index (χ0) is 21.9. The highest BCUT2D eigenvalue weighted by Gasteiger charge is 2.38. The summed E-state index contributed by atoms with van der Waals surface area (Å²) in [6.07, 6.45) is -1.50. The van der Waals surface area contributed by atoms with Crippen molar-refractivity contribution >= 4 is 40.1 Å². The number of hydrogen-bond acceptors (Lipinski definition) is 5. The second-order valence-electron chi connectivity index (χ2n) is 6.24. The third kappa shape index (κ3) is 5.39. The largest absolute Gasteiger partial charge is 0.490 e. The van der Waals surface area contributed by atoms with E-state index in [0.29, 0.717) is 35.2 Å². The van der Waals surface area contributed by atoms with Gasteiger partial charge in [0.25, 0.3) is 5.91 Å². The number of amides is 1. The minimum absolute atomic E-state index is 0.00602. The number of nitrogens with zero attached hydrogens (tertiary/aromatic N) is 1. The Labute approximate surface area is 167 Å². The van der Waals surface area contributed by atoms with Crippen molar-refractivity contribution in [1.29, 1.82) is 0 Å².